The first-order valence-electron chi connectivity index (χ1n) is 10.3. The summed E-state index contributed by atoms with van der Waals surface area (Å²) in [4.78, 5) is 21.0. The van der Waals surface area contributed by atoms with E-state index in [0.29, 0.717) is 12.3 Å². The number of aliphatic hydroxyl groups is 1. The quantitative estimate of drug-likeness (QED) is 0.515. The zero-order valence-electron chi connectivity index (χ0n) is 17.3. The maximum atomic E-state index is 11.7. The molecule has 2 aromatic carbocycles. The smallest absolute Gasteiger partial charge is 0.307 e. The van der Waals surface area contributed by atoms with Crippen molar-refractivity contribution in [1.82, 2.24) is 9.97 Å². The molecule has 156 valence electrons. The number of pyridine rings is 2. The minimum Gasteiger partial charge on any atom is -0.493 e. The predicted octanol–water partition coefficient (Wildman–Crippen LogP) is 4.37. The number of aromatic nitrogens is 2. The first-order valence-corrected chi connectivity index (χ1v) is 10.3. The normalized spacial score (nSPS) is 13.9. The molecule has 0 saturated heterocycles. The van der Waals surface area contributed by atoms with Gasteiger partial charge >= 0.3 is 5.97 Å². The van der Waals surface area contributed by atoms with Gasteiger partial charge in [0.05, 0.1) is 35.9 Å². The Morgan fingerprint density at radius 3 is 2.84 bits per heavy atom. The lowest BCUT2D eigenvalue weighted by Gasteiger charge is -2.21. The molecule has 31 heavy (non-hydrogen) atoms. The first kappa shape index (κ1) is 19.5. The standard InChI is InChI=1S/C25H22N2O4/c1-13-11-20-16(3-5-19(27-20)14(2)28)24(18(13)12-22(29)30)17-4-6-21-23-15(8-10-31-21)7-9-26-25(17)23/h3-7,9,11,14,28H,8,10,12H2,1-2H3,(H,29,30). The van der Waals surface area contributed by atoms with Gasteiger partial charge in [0.15, 0.2) is 0 Å². The van der Waals surface area contributed by atoms with E-state index in [9.17, 15) is 15.0 Å². The fraction of sp³-hybridized carbons (Fsp3) is 0.240. The molecule has 3 heterocycles. The summed E-state index contributed by atoms with van der Waals surface area (Å²) >= 11 is 0. The molecule has 1 unspecified atom stereocenters. The van der Waals surface area contributed by atoms with E-state index in [1.54, 1.807) is 19.2 Å². The second-order valence-corrected chi connectivity index (χ2v) is 8.00. The van der Waals surface area contributed by atoms with E-state index in [-0.39, 0.29) is 6.42 Å². The summed E-state index contributed by atoms with van der Waals surface area (Å²) in [5.74, 6) is -0.0874. The average Bonchev–Trinajstić information content (AvgIpc) is 2.75. The summed E-state index contributed by atoms with van der Waals surface area (Å²) in [7, 11) is 0. The number of carboxylic acid groups (broad SMARTS) is 1. The Kier molecular flexibility index (Phi) is 4.59. The Bertz CT molecular complexity index is 1350. The number of fused-ring (bicyclic) bond motifs is 1. The van der Waals surface area contributed by atoms with E-state index in [2.05, 4.69) is 9.97 Å². The largest absolute Gasteiger partial charge is 0.493 e. The highest BCUT2D eigenvalue weighted by molar-refractivity contribution is 6.07. The highest BCUT2D eigenvalue weighted by atomic mass is 16.5. The fourth-order valence-electron chi connectivity index (χ4n) is 4.49. The van der Waals surface area contributed by atoms with Crippen molar-refractivity contribution in [1.29, 1.82) is 0 Å². The van der Waals surface area contributed by atoms with Crippen molar-refractivity contribution in [2.75, 3.05) is 6.61 Å². The van der Waals surface area contributed by atoms with E-state index in [1.165, 1.54) is 5.56 Å². The number of hydrogen-bond donors (Lipinski definition) is 2. The molecule has 2 aromatic heterocycles. The van der Waals surface area contributed by atoms with Crippen molar-refractivity contribution in [2.24, 2.45) is 0 Å². The van der Waals surface area contributed by atoms with Crippen molar-refractivity contribution >= 4 is 27.8 Å². The second-order valence-electron chi connectivity index (χ2n) is 8.00. The minimum absolute atomic E-state index is 0.102. The first-order chi connectivity index (χ1) is 14.9. The van der Waals surface area contributed by atoms with Crippen LogP contribution in [0.1, 0.15) is 35.4 Å². The van der Waals surface area contributed by atoms with Gasteiger partial charge in [0.25, 0.3) is 0 Å². The molecule has 0 amide bonds. The highest BCUT2D eigenvalue weighted by Gasteiger charge is 2.22. The van der Waals surface area contributed by atoms with Crippen LogP contribution < -0.4 is 4.74 Å². The van der Waals surface area contributed by atoms with Crippen molar-refractivity contribution in [3.8, 4) is 16.9 Å². The van der Waals surface area contributed by atoms with Crippen LogP contribution in [0.3, 0.4) is 0 Å². The molecule has 1 atom stereocenters. The van der Waals surface area contributed by atoms with Crippen molar-refractivity contribution in [3.05, 3.63) is 65.0 Å². The summed E-state index contributed by atoms with van der Waals surface area (Å²) in [6.45, 7) is 4.21. The molecule has 0 saturated carbocycles. The molecule has 1 aliphatic rings. The third-order valence-corrected chi connectivity index (χ3v) is 5.94. The number of carbonyl (C=O) groups is 1. The van der Waals surface area contributed by atoms with Gasteiger partial charge in [-0.1, -0.05) is 6.07 Å². The molecular weight excluding hydrogens is 392 g/mol. The van der Waals surface area contributed by atoms with E-state index >= 15 is 0 Å². The number of carboxylic acids is 1. The molecule has 0 fully saturated rings. The molecule has 5 rings (SSSR count). The highest BCUT2D eigenvalue weighted by Crippen LogP contribution is 2.42. The third kappa shape index (κ3) is 3.20. The number of nitrogens with zero attached hydrogens (tertiary/aromatic N) is 2. The number of aryl methyl sites for hydroxylation is 1. The van der Waals surface area contributed by atoms with E-state index in [1.807, 2.05) is 37.3 Å². The van der Waals surface area contributed by atoms with Gasteiger partial charge < -0.3 is 14.9 Å². The van der Waals surface area contributed by atoms with Crippen molar-refractivity contribution < 1.29 is 19.7 Å². The van der Waals surface area contributed by atoms with Crippen LogP contribution in [0.15, 0.2) is 42.6 Å². The lowest BCUT2D eigenvalue weighted by Crippen LogP contribution is -2.10. The van der Waals surface area contributed by atoms with Crippen molar-refractivity contribution in [2.45, 2.75) is 32.8 Å². The predicted molar refractivity (Wildman–Crippen MR) is 118 cm³/mol. The van der Waals surface area contributed by atoms with Gasteiger partial charge in [-0.15, -0.1) is 0 Å². The van der Waals surface area contributed by atoms with Crippen LogP contribution >= 0.6 is 0 Å². The Hall–Kier alpha value is -3.51. The summed E-state index contributed by atoms with van der Waals surface area (Å²) in [6.07, 6.45) is 1.82. The Labute approximate surface area is 179 Å². The van der Waals surface area contributed by atoms with E-state index in [0.717, 1.165) is 56.2 Å². The average molecular weight is 414 g/mol. The second kappa shape index (κ2) is 7.32. The summed E-state index contributed by atoms with van der Waals surface area (Å²) < 4.78 is 5.86. The zero-order valence-corrected chi connectivity index (χ0v) is 17.3. The molecule has 0 radical (unpaired) electrons. The van der Waals surface area contributed by atoms with Crippen LogP contribution in [0, 0.1) is 6.92 Å². The van der Waals surface area contributed by atoms with Gasteiger partial charge in [-0.25, -0.2) is 0 Å². The van der Waals surface area contributed by atoms with Gasteiger partial charge in [-0.2, -0.15) is 0 Å². The van der Waals surface area contributed by atoms with Gasteiger partial charge in [-0.3, -0.25) is 14.8 Å². The van der Waals surface area contributed by atoms with Crippen LogP contribution in [0.2, 0.25) is 0 Å². The van der Waals surface area contributed by atoms with Gasteiger partial charge in [0.1, 0.15) is 5.75 Å². The van der Waals surface area contributed by atoms with E-state index in [4.69, 9.17) is 4.74 Å². The molecule has 0 bridgehead atoms. The Morgan fingerprint density at radius 1 is 1.23 bits per heavy atom. The topological polar surface area (TPSA) is 92.5 Å². The molecular formula is C25H22N2O4. The molecule has 0 aliphatic carbocycles. The molecule has 6 heteroatoms. The summed E-state index contributed by atoms with van der Waals surface area (Å²) in [6, 6.07) is 11.5. The van der Waals surface area contributed by atoms with Crippen LogP contribution in [0.4, 0.5) is 0 Å². The lowest BCUT2D eigenvalue weighted by atomic mass is 9.87. The Morgan fingerprint density at radius 2 is 2.06 bits per heavy atom. The number of aliphatic hydroxyl groups excluding tert-OH is 1. The maximum absolute atomic E-state index is 11.7. The summed E-state index contributed by atoms with van der Waals surface area (Å²) in [5.41, 5.74) is 6.55. The van der Waals surface area contributed by atoms with Crippen molar-refractivity contribution in [3.63, 3.8) is 0 Å². The van der Waals surface area contributed by atoms with Crippen LogP contribution in [0.25, 0.3) is 32.9 Å². The maximum Gasteiger partial charge on any atom is 0.307 e. The number of hydrogen-bond acceptors (Lipinski definition) is 5. The SMILES string of the molecule is Cc1cc2nc(C(C)O)ccc2c(-c2ccc3c4c(ccnc24)CCO3)c1CC(=O)O. The number of aliphatic carboxylic acids is 1. The zero-order chi connectivity index (χ0) is 21.7. The number of ether oxygens (including phenoxy) is 1. The monoisotopic (exact) mass is 414 g/mol. The van der Waals surface area contributed by atoms with E-state index < -0.39 is 12.1 Å². The molecule has 1 aliphatic heterocycles. The van der Waals surface area contributed by atoms with Gasteiger partial charge in [-0.05, 0) is 66.4 Å². The van der Waals surface area contributed by atoms with Crippen LogP contribution in [-0.4, -0.2) is 32.8 Å². The Balaban J connectivity index is 1.89. The fourth-order valence-corrected chi connectivity index (χ4v) is 4.49. The molecule has 2 N–H and O–H groups in total. The van der Waals surface area contributed by atoms with Gasteiger partial charge in [0.2, 0.25) is 0 Å². The number of benzene rings is 2. The lowest BCUT2D eigenvalue weighted by molar-refractivity contribution is -0.136. The molecule has 6 nitrogen and oxygen atoms in total. The molecule has 4 aromatic rings. The minimum atomic E-state index is -0.892. The number of rotatable bonds is 4. The van der Waals surface area contributed by atoms with Crippen LogP contribution in [0.5, 0.6) is 5.75 Å². The van der Waals surface area contributed by atoms with Crippen LogP contribution in [-0.2, 0) is 17.6 Å². The van der Waals surface area contributed by atoms with Gasteiger partial charge in [0, 0.05) is 29.0 Å². The summed E-state index contributed by atoms with van der Waals surface area (Å²) in [5, 5.41) is 21.4. The third-order valence-electron chi connectivity index (χ3n) is 5.94. The molecule has 0 spiro atoms.